The van der Waals surface area contributed by atoms with E-state index in [0.29, 0.717) is 54.9 Å². The molecule has 0 amide bonds. The van der Waals surface area contributed by atoms with Crippen molar-refractivity contribution in [1.29, 1.82) is 5.26 Å². The fourth-order valence-electron chi connectivity index (χ4n) is 7.48. The molecule has 5 aromatic carbocycles. The van der Waals surface area contributed by atoms with E-state index >= 15 is 0 Å². The normalized spacial score (nSPS) is 12.4. The van der Waals surface area contributed by atoms with Crippen LogP contribution in [-0.2, 0) is 14.6 Å². The Morgan fingerprint density at radius 3 is 1.75 bits per heavy atom. The maximum Gasteiger partial charge on any atom is 0.259 e. The van der Waals surface area contributed by atoms with Crippen LogP contribution in [0, 0.1) is 11.3 Å². The Morgan fingerprint density at radius 2 is 1.23 bits per heavy atom. The first-order valence-corrected chi connectivity index (χ1v) is 22.0. The van der Waals surface area contributed by atoms with Crippen LogP contribution in [0.4, 0.5) is 11.4 Å². The van der Waals surface area contributed by atoms with Crippen LogP contribution >= 0.6 is 8.53 Å². The van der Waals surface area contributed by atoms with Gasteiger partial charge in [-0.3, -0.25) is 0 Å². The van der Waals surface area contributed by atoms with Gasteiger partial charge in [-0.2, -0.15) is 10.4 Å². The molecule has 0 aliphatic carbocycles. The van der Waals surface area contributed by atoms with Gasteiger partial charge in [0.1, 0.15) is 16.8 Å². The summed E-state index contributed by atoms with van der Waals surface area (Å²) in [5, 5.41) is 27.8. The van der Waals surface area contributed by atoms with Crippen LogP contribution in [0.15, 0.2) is 132 Å². The Hall–Kier alpha value is -5.70. The fourth-order valence-corrected chi connectivity index (χ4v) is 9.11. The second-order valence-corrected chi connectivity index (χ2v) is 16.5. The Bertz CT molecular complexity index is 2210. The number of nitriles is 1. The molecule has 0 spiro atoms. The molecular formula is C48H56N7O5P. The maximum absolute atomic E-state index is 8.97. The van der Waals surface area contributed by atoms with Crippen molar-refractivity contribution in [1.82, 2.24) is 19.7 Å². The minimum atomic E-state index is -1.22. The van der Waals surface area contributed by atoms with Gasteiger partial charge in [0.15, 0.2) is 17.2 Å². The van der Waals surface area contributed by atoms with Gasteiger partial charge in [0.2, 0.25) is 0 Å². The van der Waals surface area contributed by atoms with Gasteiger partial charge < -0.3 is 23.3 Å². The standard InChI is InChI=1S/C48H56N7O5P/c1-36(2)54(37(3)4)61(60-32-20-29-49)59-31-19-8-7-18-30-58-42-34-45(56-5)47(46(35-42)57-6)52-50-41-27-28-43-44(33-41)55(53-51-43)48(38-21-12-9-13-22-38,39-23-14-10-15-24-39)40-25-16-11-17-26-40/h9-17,21-28,33-37H,7-8,18-20,30-32H2,1-6H3. The molecule has 13 heteroatoms. The number of nitrogens with zero attached hydrogens (tertiary/aromatic N) is 7. The van der Waals surface area contributed by atoms with Crippen molar-refractivity contribution in [3.05, 3.63) is 138 Å². The van der Waals surface area contributed by atoms with E-state index in [1.54, 1.807) is 14.2 Å². The lowest BCUT2D eigenvalue weighted by molar-refractivity contribution is 0.174. The number of benzene rings is 5. The van der Waals surface area contributed by atoms with E-state index in [1.165, 1.54) is 0 Å². The zero-order valence-electron chi connectivity index (χ0n) is 36.0. The van der Waals surface area contributed by atoms with Crippen molar-refractivity contribution < 1.29 is 23.3 Å². The van der Waals surface area contributed by atoms with Crippen molar-refractivity contribution in [2.24, 2.45) is 10.2 Å². The predicted octanol–water partition coefficient (Wildman–Crippen LogP) is 11.9. The zero-order valence-corrected chi connectivity index (χ0v) is 36.9. The van der Waals surface area contributed by atoms with Crippen molar-refractivity contribution in [3.63, 3.8) is 0 Å². The molecule has 318 valence electrons. The van der Waals surface area contributed by atoms with E-state index in [-0.39, 0.29) is 12.1 Å². The highest BCUT2D eigenvalue weighted by atomic mass is 31.2. The molecule has 0 saturated heterocycles. The van der Waals surface area contributed by atoms with Crippen LogP contribution in [0.25, 0.3) is 11.0 Å². The quantitative estimate of drug-likeness (QED) is 0.0268. The summed E-state index contributed by atoms with van der Waals surface area (Å²) in [4.78, 5) is 0. The molecule has 6 aromatic rings. The number of rotatable bonds is 23. The van der Waals surface area contributed by atoms with E-state index in [4.69, 9.17) is 33.7 Å². The van der Waals surface area contributed by atoms with Crippen LogP contribution < -0.4 is 14.2 Å². The molecule has 0 aliphatic heterocycles. The highest BCUT2D eigenvalue weighted by Crippen LogP contribution is 2.47. The molecule has 0 bridgehead atoms. The highest BCUT2D eigenvalue weighted by Gasteiger charge is 2.40. The monoisotopic (exact) mass is 841 g/mol. The third-order valence-corrected chi connectivity index (χ3v) is 12.3. The summed E-state index contributed by atoms with van der Waals surface area (Å²) in [6.07, 6.45) is 4.11. The zero-order chi connectivity index (χ0) is 43.0. The molecule has 0 aliphatic rings. The number of fused-ring (bicyclic) bond motifs is 1. The lowest BCUT2D eigenvalue weighted by atomic mass is 9.77. The van der Waals surface area contributed by atoms with Crippen molar-refractivity contribution >= 4 is 30.9 Å². The molecule has 1 heterocycles. The molecule has 0 fully saturated rings. The molecule has 0 N–H and O–H groups in total. The molecule has 12 nitrogen and oxygen atoms in total. The summed E-state index contributed by atoms with van der Waals surface area (Å²) < 4.78 is 34.2. The predicted molar refractivity (Wildman–Crippen MR) is 241 cm³/mol. The summed E-state index contributed by atoms with van der Waals surface area (Å²) in [5.74, 6) is 1.57. The summed E-state index contributed by atoms with van der Waals surface area (Å²) in [7, 11) is 1.96. The third-order valence-electron chi connectivity index (χ3n) is 10.2. The molecule has 1 atom stereocenters. The van der Waals surface area contributed by atoms with Gasteiger partial charge in [-0.1, -0.05) is 103 Å². The minimum Gasteiger partial charge on any atom is -0.494 e. The van der Waals surface area contributed by atoms with Gasteiger partial charge in [-0.25, -0.2) is 9.35 Å². The van der Waals surface area contributed by atoms with E-state index in [2.05, 4.69) is 90.2 Å². The second-order valence-electron chi connectivity index (χ2n) is 15.0. The van der Waals surface area contributed by atoms with Gasteiger partial charge >= 0.3 is 0 Å². The number of unbranched alkanes of at least 4 members (excludes halogenated alkanes) is 3. The van der Waals surface area contributed by atoms with Crippen molar-refractivity contribution in [3.8, 4) is 23.3 Å². The Labute approximate surface area is 361 Å². The lowest BCUT2D eigenvalue weighted by Gasteiger charge is -2.36. The van der Waals surface area contributed by atoms with Gasteiger partial charge in [-0.15, -0.1) is 10.2 Å². The number of ether oxygens (including phenoxy) is 3. The maximum atomic E-state index is 8.97. The van der Waals surface area contributed by atoms with Crippen LogP contribution in [0.1, 0.15) is 76.5 Å². The second kappa shape index (κ2) is 22.2. The molecule has 1 unspecified atom stereocenters. The molecule has 0 saturated carbocycles. The Morgan fingerprint density at radius 1 is 0.689 bits per heavy atom. The van der Waals surface area contributed by atoms with Crippen molar-refractivity contribution in [2.75, 3.05) is 34.0 Å². The van der Waals surface area contributed by atoms with Gasteiger partial charge in [0.05, 0.1) is 57.7 Å². The molecule has 61 heavy (non-hydrogen) atoms. The van der Waals surface area contributed by atoms with E-state index in [9.17, 15) is 0 Å². The van der Waals surface area contributed by atoms with E-state index in [0.717, 1.165) is 53.4 Å². The first-order chi connectivity index (χ1) is 29.8. The molecule has 0 radical (unpaired) electrons. The molecule has 1 aromatic heterocycles. The first kappa shape index (κ1) is 44.8. The van der Waals surface area contributed by atoms with Gasteiger partial charge in [0, 0.05) is 24.2 Å². The Balaban J connectivity index is 1.15. The summed E-state index contributed by atoms with van der Waals surface area (Å²) in [6.45, 7) is 10.1. The summed E-state index contributed by atoms with van der Waals surface area (Å²) in [6, 6.07) is 43.2. The minimum absolute atomic E-state index is 0.275. The van der Waals surface area contributed by atoms with Gasteiger partial charge in [0.25, 0.3) is 8.53 Å². The summed E-state index contributed by atoms with van der Waals surface area (Å²) in [5.41, 5.74) is 4.84. The molecular weight excluding hydrogens is 786 g/mol. The third kappa shape index (κ3) is 10.8. The summed E-state index contributed by atoms with van der Waals surface area (Å²) >= 11 is 0. The number of azo groups is 1. The number of aromatic nitrogens is 3. The fraction of sp³-hybridized carbons (Fsp3) is 0.354. The lowest BCUT2D eigenvalue weighted by Crippen LogP contribution is -2.38. The largest absolute Gasteiger partial charge is 0.494 e. The first-order valence-electron chi connectivity index (χ1n) is 20.9. The van der Waals surface area contributed by atoms with E-state index < -0.39 is 14.1 Å². The van der Waals surface area contributed by atoms with Crippen LogP contribution in [0.5, 0.6) is 17.2 Å². The number of hydrogen-bond donors (Lipinski definition) is 0. The van der Waals surface area contributed by atoms with Crippen LogP contribution in [-0.4, -0.2) is 65.8 Å². The molecule has 6 rings (SSSR count). The van der Waals surface area contributed by atoms with Crippen molar-refractivity contribution in [2.45, 2.75) is 77.4 Å². The number of hydrogen-bond acceptors (Lipinski definition) is 11. The SMILES string of the molecule is COc1cc(OCCCCCCOP(OCCC#N)N(C(C)C)C(C)C)cc(OC)c1N=Nc1ccc2nnn(C(c3ccccc3)(c3ccccc3)c3ccccc3)c2c1. The topological polar surface area (TPSA) is 129 Å². The van der Waals surface area contributed by atoms with Gasteiger partial charge in [-0.05, 0) is 81.8 Å². The van der Waals surface area contributed by atoms with Crippen LogP contribution in [0.3, 0.4) is 0 Å². The average Bonchev–Trinajstić information content (AvgIpc) is 3.71. The number of methoxy groups -OCH3 is 2. The van der Waals surface area contributed by atoms with E-state index in [1.807, 2.05) is 89.6 Å². The smallest absolute Gasteiger partial charge is 0.259 e. The Kier molecular flexibility index (Phi) is 16.3. The van der Waals surface area contributed by atoms with Crippen LogP contribution in [0.2, 0.25) is 0 Å². The average molecular weight is 842 g/mol. The highest BCUT2D eigenvalue weighted by molar-refractivity contribution is 7.44.